The van der Waals surface area contributed by atoms with Gasteiger partial charge in [-0.3, -0.25) is 4.79 Å². The number of aryl methyl sites for hydroxylation is 1. The number of hydrogen-bond donors (Lipinski definition) is 2. The van der Waals surface area contributed by atoms with Crippen LogP contribution in [0.5, 0.6) is 5.75 Å². The molecule has 0 heterocycles. The van der Waals surface area contributed by atoms with Gasteiger partial charge in [0.15, 0.2) is 0 Å². The van der Waals surface area contributed by atoms with E-state index in [1.807, 2.05) is 0 Å². The lowest BCUT2D eigenvalue weighted by molar-refractivity contribution is -0.152. The number of ether oxygens (including phenoxy) is 1. The van der Waals surface area contributed by atoms with E-state index in [0.29, 0.717) is 0 Å². The Labute approximate surface area is 93.0 Å². The van der Waals surface area contributed by atoms with Crippen molar-refractivity contribution in [1.29, 1.82) is 0 Å². The highest BCUT2D eigenvalue weighted by Gasteiger charge is 2.16. The highest BCUT2D eigenvalue weighted by atomic mass is 16.5. The van der Waals surface area contributed by atoms with Gasteiger partial charge in [-0.05, 0) is 31.5 Å². The molecule has 2 N–H and O–H groups in total. The van der Waals surface area contributed by atoms with Crippen molar-refractivity contribution in [3.8, 4) is 5.75 Å². The van der Waals surface area contributed by atoms with Crippen molar-refractivity contribution in [2.45, 2.75) is 13.8 Å². The van der Waals surface area contributed by atoms with Crippen LogP contribution in [0.4, 0.5) is 5.69 Å². The molecule has 0 fully saturated rings. The van der Waals surface area contributed by atoms with Crippen LogP contribution in [0.1, 0.15) is 12.5 Å². The number of carbonyl (C=O) groups excluding carboxylic acids is 2. The first-order chi connectivity index (χ1) is 7.54. The van der Waals surface area contributed by atoms with Crippen LogP contribution >= 0.6 is 0 Å². The molecule has 0 atom stereocenters. The van der Waals surface area contributed by atoms with Gasteiger partial charge in [-0.15, -0.1) is 0 Å². The van der Waals surface area contributed by atoms with Gasteiger partial charge in [0.1, 0.15) is 5.75 Å². The molecular weight excluding hydrogens is 210 g/mol. The van der Waals surface area contributed by atoms with Crippen LogP contribution in [0.25, 0.3) is 0 Å². The number of carbonyl (C=O) groups is 2. The lowest BCUT2D eigenvalue weighted by atomic mass is 10.2. The molecule has 0 saturated heterocycles. The van der Waals surface area contributed by atoms with Gasteiger partial charge in [0.25, 0.3) is 0 Å². The molecule has 1 amide bonds. The highest BCUT2D eigenvalue weighted by molar-refractivity contribution is 6.37. The van der Waals surface area contributed by atoms with Crippen LogP contribution in [-0.4, -0.2) is 23.6 Å². The summed E-state index contributed by atoms with van der Waals surface area (Å²) in [6, 6.07) is 4.69. The van der Waals surface area contributed by atoms with Crippen LogP contribution in [0.3, 0.4) is 0 Å². The maximum absolute atomic E-state index is 11.3. The number of nitrogens with one attached hydrogen (secondary N) is 1. The average Bonchev–Trinajstić information content (AvgIpc) is 2.23. The Morgan fingerprint density at radius 2 is 2.12 bits per heavy atom. The van der Waals surface area contributed by atoms with Gasteiger partial charge in [-0.1, -0.05) is 6.07 Å². The second-order valence-corrected chi connectivity index (χ2v) is 3.20. The van der Waals surface area contributed by atoms with Gasteiger partial charge < -0.3 is 15.2 Å². The Balaban J connectivity index is 2.76. The molecule has 16 heavy (non-hydrogen) atoms. The molecule has 0 aliphatic carbocycles. The first kappa shape index (κ1) is 12.0. The summed E-state index contributed by atoms with van der Waals surface area (Å²) < 4.78 is 4.51. The molecular formula is C11H13NO4. The number of hydrogen-bond acceptors (Lipinski definition) is 4. The fourth-order valence-corrected chi connectivity index (χ4v) is 1.12. The van der Waals surface area contributed by atoms with Gasteiger partial charge in [-0.25, -0.2) is 4.79 Å². The molecule has 5 nitrogen and oxygen atoms in total. The van der Waals surface area contributed by atoms with E-state index in [1.54, 1.807) is 26.0 Å². The second kappa shape index (κ2) is 5.16. The van der Waals surface area contributed by atoms with E-state index in [0.717, 1.165) is 5.56 Å². The van der Waals surface area contributed by atoms with Crippen LogP contribution < -0.4 is 5.32 Å². The summed E-state index contributed by atoms with van der Waals surface area (Å²) in [5.74, 6) is -1.96. The topological polar surface area (TPSA) is 75.6 Å². The molecule has 0 spiro atoms. The third kappa shape index (κ3) is 2.98. The predicted molar refractivity (Wildman–Crippen MR) is 58.1 cm³/mol. The number of esters is 1. The Kier molecular flexibility index (Phi) is 3.88. The molecule has 0 unspecified atom stereocenters. The van der Waals surface area contributed by atoms with Gasteiger partial charge in [0.05, 0.1) is 12.3 Å². The van der Waals surface area contributed by atoms with Crippen LogP contribution in [-0.2, 0) is 14.3 Å². The minimum atomic E-state index is -0.969. The number of aromatic hydroxyl groups is 1. The van der Waals surface area contributed by atoms with E-state index in [2.05, 4.69) is 10.1 Å². The maximum Gasteiger partial charge on any atom is 0.397 e. The molecule has 86 valence electrons. The van der Waals surface area contributed by atoms with Crippen LogP contribution in [0.2, 0.25) is 0 Å². The summed E-state index contributed by atoms with van der Waals surface area (Å²) >= 11 is 0. The molecule has 0 aliphatic rings. The zero-order chi connectivity index (χ0) is 12.1. The number of amides is 1. The molecule has 0 bridgehead atoms. The molecule has 0 saturated carbocycles. The second-order valence-electron chi connectivity index (χ2n) is 3.20. The summed E-state index contributed by atoms with van der Waals surface area (Å²) in [5.41, 5.74) is 1.05. The van der Waals surface area contributed by atoms with Crippen molar-refractivity contribution >= 4 is 17.6 Å². The molecule has 0 aliphatic heterocycles. The lowest BCUT2D eigenvalue weighted by Crippen LogP contribution is -2.25. The van der Waals surface area contributed by atoms with Crippen molar-refractivity contribution in [1.82, 2.24) is 0 Å². The average molecular weight is 223 g/mol. The first-order valence-electron chi connectivity index (χ1n) is 4.82. The Hall–Kier alpha value is -2.04. The minimum Gasteiger partial charge on any atom is -0.506 e. The van der Waals surface area contributed by atoms with Gasteiger partial charge in [0.2, 0.25) is 0 Å². The SMILES string of the molecule is CCOC(=O)C(=O)Nc1cc(C)ccc1O. The Morgan fingerprint density at radius 1 is 1.44 bits per heavy atom. The van der Waals surface area contributed by atoms with Crippen molar-refractivity contribution in [3.05, 3.63) is 23.8 Å². The number of rotatable bonds is 2. The number of phenols is 1. The number of phenolic OH excluding ortho intramolecular Hbond substituents is 1. The highest BCUT2D eigenvalue weighted by Crippen LogP contribution is 2.23. The monoisotopic (exact) mass is 223 g/mol. The molecule has 1 rings (SSSR count). The summed E-state index contributed by atoms with van der Waals surface area (Å²) in [5, 5.41) is 11.7. The summed E-state index contributed by atoms with van der Waals surface area (Å²) in [6.07, 6.45) is 0. The quantitative estimate of drug-likeness (QED) is 0.449. The summed E-state index contributed by atoms with van der Waals surface area (Å²) in [6.45, 7) is 3.54. The fourth-order valence-electron chi connectivity index (χ4n) is 1.12. The summed E-state index contributed by atoms with van der Waals surface area (Å²) in [4.78, 5) is 22.3. The van der Waals surface area contributed by atoms with Gasteiger partial charge >= 0.3 is 11.9 Å². The van der Waals surface area contributed by atoms with E-state index < -0.39 is 11.9 Å². The largest absolute Gasteiger partial charge is 0.506 e. The van der Waals surface area contributed by atoms with Gasteiger partial charge in [-0.2, -0.15) is 0 Å². The Morgan fingerprint density at radius 3 is 2.75 bits per heavy atom. The third-order valence-corrected chi connectivity index (χ3v) is 1.86. The third-order valence-electron chi connectivity index (χ3n) is 1.86. The van der Waals surface area contributed by atoms with E-state index >= 15 is 0 Å². The first-order valence-corrected chi connectivity index (χ1v) is 4.82. The Bertz CT molecular complexity index is 414. The van der Waals surface area contributed by atoms with Gasteiger partial charge in [0, 0.05) is 0 Å². The molecule has 1 aromatic rings. The van der Waals surface area contributed by atoms with E-state index in [-0.39, 0.29) is 18.0 Å². The maximum atomic E-state index is 11.3. The molecule has 1 aromatic carbocycles. The standard InChI is InChI=1S/C11H13NO4/c1-3-16-11(15)10(14)12-8-6-7(2)4-5-9(8)13/h4-6,13H,3H2,1-2H3,(H,12,14). The number of anilines is 1. The molecule has 0 aromatic heterocycles. The smallest absolute Gasteiger partial charge is 0.397 e. The minimum absolute atomic E-state index is 0.0942. The van der Waals surface area contributed by atoms with Crippen molar-refractivity contribution < 1.29 is 19.4 Å². The summed E-state index contributed by atoms with van der Waals surface area (Å²) in [7, 11) is 0. The lowest BCUT2D eigenvalue weighted by Gasteiger charge is -2.07. The van der Waals surface area contributed by atoms with Crippen molar-refractivity contribution in [2.75, 3.05) is 11.9 Å². The normalized spacial score (nSPS) is 9.62. The van der Waals surface area contributed by atoms with Crippen molar-refractivity contribution in [3.63, 3.8) is 0 Å². The number of benzene rings is 1. The molecule has 0 radical (unpaired) electrons. The van der Waals surface area contributed by atoms with Crippen LogP contribution in [0, 0.1) is 6.92 Å². The van der Waals surface area contributed by atoms with Crippen LogP contribution in [0.15, 0.2) is 18.2 Å². The zero-order valence-corrected chi connectivity index (χ0v) is 9.11. The predicted octanol–water partition coefficient (Wildman–Crippen LogP) is 1.20. The zero-order valence-electron chi connectivity index (χ0n) is 9.11. The van der Waals surface area contributed by atoms with E-state index in [1.165, 1.54) is 6.07 Å². The van der Waals surface area contributed by atoms with E-state index in [4.69, 9.17) is 0 Å². The van der Waals surface area contributed by atoms with E-state index in [9.17, 15) is 14.7 Å². The molecule has 5 heteroatoms. The van der Waals surface area contributed by atoms with Crippen molar-refractivity contribution in [2.24, 2.45) is 0 Å². The fraction of sp³-hybridized carbons (Fsp3) is 0.273.